The largest absolute Gasteiger partial charge is 0.389 e. The van der Waals surface area contributed by atoms with Gasteiger partial charge in [0, 0.05) is 21.8 Å². The molecule has 0 fully saturated rings. The Hall–Kier alpha value is -0.610. The second kappa shape index (κ2) is 6.36. The quantitative estimate of drug-likeness (QED) is 0.809. The van der Waals surface area contributed by atoms with Crippen molar-refractivity contribution >= 4 is 38.8 Å². The Morgan fingerprint density at radius 1 is 1.41 bits per heavy atom. The van der Waals surface area contributed by atoms with Crippen LogP contribution in [-0.4, -0.2) is 11.0 Å². The SMILES string of the molecule is CC(C)CC(C)Nc1cc(Br)ccc1C(N)=S. The van der Waals surface area contributed by atoms with Crippen LogP contribution < -0.4 is 11.1 Å². The summed E-state index contributed by atoms with van der Waals surface area (Å²) in [5, 5.41) is 3.47. The van der Waals surface area contributed by atoms with Gasteiger partial charge in [0.05, 0.1) is 0 Å². The number of halogens is 1. The summed E-state index contributed by atoms with van der Waals surface area (Å²) in [5.74, 6) is 0.665. The second-order valence-corrected chi connectivity index (χ2v) is 6.08. The highest BCUT2D eigenvalue weighted by Gasteiger charge is 2.10. The molecule has 17 heavy (non-hydrogen) atoms. The molecular weight excluding hydrogens is 296 g/mol. The number of anilines is 1. The van der Waals surface area contributed by atoms with E-state index in [1.54, 1.807) is 0 Å². The molecule has 0 saturated carbocycles. The lowest BCUT2D eigenvalue weighted by Crippen LogP contribution is -2.20. The molecule has 0 aliphatic rings. The first-order chi connectivity index (χ1) is 7.90. The molecule has 2 nitrogen and oxygen atoms in total. The molecule has 0 amide bonds. The minimum absolute atomic E-state index is 0.400. The van der Waals surface area contributed by atoms with Crippen molar-refractivity contribution in [2.24, 2.45) is 11.7 Å². The van der Waals surface area contributed by atoms with Gasteiger partial charge in [0.25, 0.3) is 0 Å². The summed E-state index contributed by atoms with van der Waals surface area (Å²) in [7, 11) is 0. The van der Waals surface area contributed by atoms with Crippen LogP contribution in [0.25, 0.3) is 0 Å². The summed E-state index contributed by atoms with van der Waals surface area (Å²) in [4.78, 5) is 0.428. The Morgan fingerprint density at radius 2 is 2.06 bits per heavy atom. The molecule has 0 heterocycles. The molecule has 1 aromatic rings. The number of hydrogen-bond acceptors (Lipinski definition) is 2. The van der Waals surface area contributed by atoms with Crippen molar-refractivity contribution in [2.45, 2.75) is 33.2 Å². The minimum atomic E-state index is 0.400. The molecule has 1 unspecified atom stereocenters. The first-order valence-electron chi connectivity index (χ1n) is 5.76. The van der Waals surface area contributed by atoms with Crippen LogP contribution in [0.4, 0.5) is 5.69 Å². The van der Waals surface area contributed by atoms with E-state index in [4.69, 9.17) is 18.0 Å². The van der Waals surface area contributed by atoms with Gasteiger partial charge in [0.2, 0.25) is 0 Å². The molecule has 3 N–H and O–H groups in total. The number of benzene rings is 1. The molecule has 0 saturated heterocycles. The van der Waals surface area contributed by atoms with Crippen molar-refractivity contribution in [1.29, 1.82) is 0 Å². The summed E-state index contributed by atoms with van der Waals surface area (Å²) < 4.78 is 1.02. The zero-order chi connectivity index (χ0) is 13.0. The number of hydrogen-bond donors (Lipinski definition) is 2. The highest BCUT2D eigenvalue weighted by molar-refractivity contribution is 9.10. The first kappa shape index (κ1) is 14.5. The van der Waals surface area contributed by atoms with Gasteiger partial charge in [-0.2, -0.15) is 0 Å². The highest BCUT2D eigenvalue weighted by Crippen LogP contribution is 2.23. The van der Waals surface area contributed by atoms with E-state index in [0.717, 1.165) is 22.1 Å². The average Bonchev–Trinajstić information content (AvgIpc) is 2.15. The monoisotopic (exact) mass is 314 g/mol. The zero-order valence-electron chi connectivity index (χ0n) is 10.5. The summed E-state index contributed by atoms with van der Waals surface area (Å²) in [6.07, 6.45) is 1.11. The maximum atomic E-state index is 5.72. The Balaban J connectivity index is 2.88. The van der Waals surface area contributed by atoms with Crippen LogP contribution in [0, 0.1) is 5.92 Å². The van der Waals surface area contributed by atoms with Crippen LogP contribution in [0.5, 0.6) is 0 Å². The molecule has 0 radical (unpaired) electrons. The van der Waals surface area contributed by atoms with Crippen molar-refractivity contribution in [1.82, 2.24) is 0 Å². The molecule has 0 aliphatic heterocycles. The van der Waals surface area contributed by atoms with E-state index in [1.165, 1.54) is 0 Å². The normalized spacial score (nSPS) is 12.5. The van der Waals surface area contributed by atoms with Gasteiger partial charge in [0.1, 0.15) is 4.99 Å². The van der Waals surface area contributed by atoms with Crippen molar-refractivity contribution in [2.75, 3.05) is 5.32 Å². The standard InChI is InChI=1S/C13H19BrN2S/c1-8(2)6-9(3)16-12-7-10(14)4-5-11(12)13(15)17/h4-5,7-9,16H,6H2,1-3H3,(H2,15,17). The summed E-state index contributed by atoms with van der Waals surface area (Å²) >= 11 is 8.52. The lowest BCUT2D eigenvalue weighted by molar-refractivity contribution is 0.540. The molecule has 1 atom stereocenters. The second-order valence-electron chi connectivity index (χ2n) is 4.73. The first-order valence-corrected chi connectivity index (χ1v) is 6.96. The maximum Gasteiger partial charge on any atom is 0.106 e. The van der Waals surface area contributed by atoms with Crippen LogP contribution in [0.1, 0.15) is 32.8 Å². The van der Waals surface area contributed by atoms with Gasteiger partial charge in [0.15, 0.2) is 0 Å². The molecule has 1 aromatic carbocycles. The van der Waals surface area contributed by atoms with E-state index >= 15 is 0 Å². The van der Waals surface area contributed by atoms with Crippen LogP contribution >= 0.6 is 28.1 Å². The Kier molecular flexibility index (Phi) is 5.40. The summed E-state index contributed by atoms with van der Waals surface area (Å²) in [5.41, 5.74) is 7.62. The fourth-order valence-corrected chi connectivity index (χ4v) is 2.42. The summed E-state index contributed by atoms with van der Waals surface area (Å²) in [6, 6.07) is 6.31. The molecule has 0 spiro atoms. The Labute approximate surface area is 117 Å². The number of rotatable bonds is 5. The van der Waals surface area contributed by atoms with E-state index in [9.17, 15) is 0 Å². The van der Waals surface area contributed by atoms with Gasteiger partial charge in [-0.15, -0.1) is 0 Å². The maximum absolute atomic E-state index is 5.72. The lowest BCUT2D eigenvalue weighted by atomic mass is 10.0. The fourth-order valence-electron chi connectivity index (χ4n) is 1.88. The molecular formula is C13H19BrN2S. The molecule has 1 rings (SSSR count). The van der Waals surface area contributed by atoms with E-state index in [2.05, 4.69) is 42.0 Å². The topological polar surface area (TPSA) is 38.0 Å². The molecule has 94 valence electrons. The van der Waals surface area contributed by atoms with Crippen LogP contribution in [0.3, 0.4) is 0 Å². The molecule has 4 heteroatoms. The third-order valence-corrected chi connectivity index (χ3v) is 3.19. The predicted octanol–water partition coefficient (Wildman–Crippen LogP) is 3.93. The van der Waals surface area contributed by atoms with Gasteiger partial charge in [-0.25, -0.2) is 0 Å². The van der Waals surface area contributed by atoms with Gasteiger partial charge in [-0.05, 0) is 37.5 Å². The predicted molar refractivity (Wildman–Crippen MR) is 82.6 cm³/mol. The third-order valence-electron chi connectivity index (χ3n) is 2.47. The Bertz CT molecular complexity index is 404. The Morgan fingerprint density at radius 3 is 2.59 bits per heavy atom. The van der Waals surface area contributed by atoms with E-state index in [-0.39, 0.29) is 0 Å². The third kappa shape index (κ3) is 4.64. The fraction of sp³-hybridized carbons (Fsp3) is 0.462. The van der Waals surface area contributed by atoms with Crippen molar-refractivity contribution in [3.05, 3.63) is 28.2 Å². The average molecular weight is 315 g/mol. The number of nitrogens with one attached hydrogen (secondary N) is 1. The highest BCUT2D eigenvalue weighted by atomic mass is 79.9. The molecule has 0 aliphatic carbocycles. The van der Waals surface area contributed by atoms with E-state index in [0.29, 0.717) is 16.9 Å². The number of nitrogens with two attached hydrogens (primary N) is 1. The van der Waals surface area contributed by atoms with Crippen LogP contribution in [-0.2, 0) is 0 Å². The lowest BCUT2D eigenvalue weighted by Gasteiger charge is -2.19. The van der Waals surface area contributed by atoms with Crippen molar-refractivity contribution in [3.63, 3.8) is 0 Å². The van der Waals surface area contributed by atoms with Gasteiger partial charge in [-0.3, -0.25) is 0 Å². The molecule has 0 aromatic heterocycles. The van der Waals surface area contributed by atoms with Crippen molar-refractivity contribution < 1.29 is 0 Å². The number of thiocarbonyl (C=S) groups is 1. The van der Waals surface area contributed by atoms with Crippen LogP contribution in [0.2, 0.25) is 0 Å². The van der Waals surface area contributed by atoms with Gasteiger partial charge in [-0.1, -0.05) is 42.0 Å². The van der Waals surface area contributed by atoms with E-state index < -0.39 is 0 Å². The summed E-state index contributed by atoms with van der Waals surface area (Å²) in [6.45, 7) is 6.60. The smallest absolute Gasteiger partial charge is 0.106 e. The zero-order valence-corrected chi connectivity index (χ0v) is 12.9. The van der Waals surface area contributed by atoms with Gasteiger partial charge >= 0.3 is 0 Å². The van der Waals surface area contributed by atoms with Crippen LogP contribution in [0.15, 0.2) is 22.7 Å². The van der Waals surface area contributed by atoms with Gasteiger partial charge < -0.3 is 11.1 Å². The van der Waals surface area contributed by atoms with Crippen molar-refractivity contribution in [3.8, 4) is 0 Å². The minimum Gasteiger partial charge on any atom is -0.389 e. The molecule has 0 bridgehead atoms. The van der Waals surface area contributed by atoms with E-state index in [1.807, 2.05) is 18.2 Å².